The monoisotopic (exact) mass is 530 g/mol. The molecule has 0 bridgehead atoms. The van der Waals surface area contributed by atoms with Crippen LogP contribution in [0.25, 0.3) is 21.7 Å². The average molecular weight is 531 g/mol. The fourth-order valence-electron chi connectivity index (χ4n) is 5.86. The summed E-state index contributed by atoms with van der Waals surface area (Å²) in [5.41, 5.74) is 4.27. The number of hydrogen-bond acceptors (Lipinski definition) is 3. The summed E-state index contributed by atoms with van der Waals surface area (Å²) in [6.45, 7) is 1.63. The van der Waals surface area contributed by atoms with Crippen molar-refractivity contribution in [1.82, 2.24) is 20.1 Å². The van der Waals surface area contributed by atoms with Gasteiger partial charge in [-0.2, -0.15) is 0 Å². The Kier molecular flexibility index (Phi) is 7.34. The van der Waals surface area contributed by atoms with E-state index in [1.54, 1.807) is 4.90 Å². The van der Waals surface area contributed by atoms with Gasteiger partial charge in [-0.05, 0) is 39.9 Å². The smallest absolute Gasteiger partial charge is 0.245 e. The molecule has 2 N–H and O–H groups in total. The van der Waals surface area contributed by atoms with Gasteiger partial charge in [0.05, 0.1) is 6.04 Å². The second-order valence-corrected chi connectivity index (χ2v) is 10.7. The zero-order valence-corrected chi connectivity index (χ0v) is 22.7. The van der Waals surface area contributed by atoms with Crippen molar-refractivity contribution in [2.24, 2.45) is 0 Å². The van der Waals surface area contributed by atoms with Crippen molar-refractivity contribution >= 4 is 33.5 Å². The van der Waals surface area contributed by atoms with E-state index in [4.69, 9.17) is 0 Å². The third-order valence-corrected chi connectivity index (χ3v) is 7.97. The molecule has 1 unspecified atom stereocenters. The Balaban J connectivity index is 1.28. The number of likely N-dealkylation sites (N-methyl/N-ethyl adjacent to an activating group) is 1. The summed E-state index contributed by atoms with van der Waals surface area (Å²) in [5, 5.41) is 6.84. The van der Waals surface area contributed by atoms with Crippen LogP contribution in [0.4, 0.5) is 0 Å². The van der Waals surface area contributed by atoms with Crippen LogP contribution in [0.5, 0.6) is 0 Å². The number of para-hydroxylation sites is 1. The second-order valence-electron chi connectivity index (χ2n) is 10.7. The van der Waals surface area contributed by atoms with E-state index < -0.39 is 6.04 Å². The number of rotatable bonds is 8. The molecule has 1 fully saturated rings. The summed E-state index contributed by atoms with van der Waals surface area (Å²) in [6.07, 6.45) is 3.02. The molecule has 0 radical (unpaired) electrons. The van der Waals surface area contributed by atoms with Gasteiger partial charge < -0.3 is 20.1 Å². The second kappa shape index (κ2) is 11.4. The van der Waals surface area contributed by atoms with Gasteiger partial charge in [0.25, 0.3) is 0 Å². The van der Waals surface area contributed by atoms with Gasteiger partial charge in [0.15, 0.2) is 0 Å². The molecule has 202 valence electrons. The maximum atomic E-state index is 14.1. The lowest BCUT2D eigenvalue weighted by molar-refractivity contribution is -0.148. The Morgan fingerprint density at radius 2 is 1.68 bits per heavy atom. The maximum absolute atomic E-state index is 14.1. The molecular formula is C34H34N4O2. The fraction of sp³-hybridized carbons (Fsp3) is 0.235. The highest BCUT2D eigenvalue weighted by atomic mass is 16.2. The highest BCUT2D eigenvalue weighted by Gasteiger charge is 2.37. The Morgan fingerprint density at radius 1 is 0.925 bits per heavy atom. The third kappa shape index (κ3) is 5.36. The van der Waals surface area contributed by atoms with Gasteiger partial charge in [0, 0.05) is 50.2 Å². The van der Waals surface area contributed by atoms with Gasteiger partial charge in [-0.25, -0.2) is 0 Å². The minimum atomic E-state index is -0.588. The molecule has 6 nitrogen and oxygen atoms in total. The Labute approximate surface area is 234 Å². The zero-order chi connectivity index (χ0) is 27.5. The number of hydrogen-bond donors (Lipinski definition) is 2. The predicted octanol–water partition coefficient (Wildman–Crippen LogP) is 4.93. The molecule has 1 aliphatic heterocycles. The first-order valence-electron chi connectivity index (χ1n) is 13.9. The van der Waals surface area contributed by atoms with Crippen LogP contribution in [-0.4, -0.2) is 58.8 Å². The molecule has 1 saturated heterocycles. The molecule has 0 aliphatic carbocycles. The van der Waals surface area contributed by atoms with Crippen LogP contribution in [0.3, 0.4) is 0 Å². The van der Waals surface area contributed by atoms with E-state index in [1.165, 1.54) is 0 Å². The number of H-pyrrole nitrogens is 1. The first kappa shape index (κ1) is 25.8. The first-order chi connectivity index (χ1) is 19.6. The molecule has 0 spiro atoms. The SMILES string of the molecule is CN(Cc1ccccc1)C(=O)[C@H](Cc1ccc2ccccc2c1)N1CCNC(Cc2c[nH]c3ccccc23)C1=O. The van der Waals surface area contributed by atoms with Gasteiger partial charge in [-0.3, -0.25) is 9.59 Å². The number of fused-ring (bicyclic) bond motifs is 2. The summed E-state index contributed by atoms with van der Waals surface area (Å²) >= 11 is 0. The Bertz CT molecular complexity index is 1640. The standard InChI is InChI=1S/C34H34N4O2/c1-37(23-24-9-3-2-4-10-24)34(40)32(20-25-15-16-26-11-5-6-12-27(26)19-25)38-18-17-35-31(33(38)39)21-28-22-36-30-14-8-7-13-29(28)30/h2-16,19,22,31-32,35-36H,17-18,20-21,23H2,1H3/t31?,32-/m0/s1. The third-order valence-electron chi connectivity index (χ3n) is 7.97. The van der Waals surface area contributed by atoms with Crippen LogP contribution < -0.4 is 5.32 Å². The number of aromatic nitrogens is 1. The minimum Gasteiger partial charge on any atom is -0.361 e. The highest BCUT2D eigenvalue weighted by Crippen LogP contribution is 2.23. The number of piperazine rings is 1. The van der Waals surface area contributed by atoms with Crippen molar-refractivity contribution in [3.8, 4) is 0 Å². The lowest BCUT2D eigenvalue weighted by Gasteiger charge is -2.39. The molecule has 2 atom stereocenters. The van der Waals surface area contributed by atoms with Crippen LogP contribution in [0.1, 0.15) is 16.7 Å². The number of amides is 2. The van der Waals surface area contributed by atoms with Gasteiger partial charge >= 0.3 is 0 Å². The van der Waals surface area contributed by atoms with E-state index in [2.05, 4.69) is 46.7 Å². The molecule has 1 aliphatic rings. The summed E-state index contributed by atoms with van der Waals surface area (Å²) in [6, 6.07) is 31.7. The largest absolute Gasteiger partial charge is 0.361 e. The summed E-state index contributed by atoms with van der Waals surface area (Å²) in [7, 11) is 1.83. The van der Waals surface area contributed by atoms with Crippen LogP contribution in [0.2, 0.25) is 0 Å². The van der Waals surface area contributed by atoms with E-state index in [0.717, 1.165) is 38.4 Å². The van der Waals surface area contributed by atoms with E-state index in [9.17, 15) is 9.59 Å². The number of benzene rings is 4. The van der Waals surface area contributed by atoms with Crippen LogP contribution in [-0.2, 0) is 29.0 Å². The number of nitrogens with one attached hydrogen (secondary N) is 2. The molecule has 4 aromatic carbocycles. The van der Waals surface area contributed by atoms with E-state index in [-0.39, 0.29) is 17.9 Å². The van der Waals surface area contributed by atoms with Crippen molar-refractivity contribution in [3.63, 3.8) is 0 Å². The molecule has 1 aromatic heterocycles. The van der Waals surface area contributed by atoms with Crippen LogP contribution in [0, 0.1) is 0 Å². The van der Waals surface area contributed by atoms with Gasteiger partial charge in [0.2, 0.25) is 11.8 Å². The van der Waals surface area contributed by atoms with Crippen molar-refractivity contribution in [3.05, 3.63) is 120 Å². The average Bonchev–Trinajstić information content (AvgIpc) is 3.40. The highest BCUT2D eigenvalue weighted by molar-refractivity contribution is 5.92. The topological polar surface area (TPSA) is 68.4 Å². The molecule has 6 heteroatoms. The van der Waals surface area contributed by atoms with Gasteiger partial charge in [-0.1, -0.05) is 91.0 Å². The minimum absolute atomic E-state index is 0.0243. The molecule has 2 heterocycles. The van der Waals surface area contributed by atoms with E-state index >= 15 is 0 Å². The van der Waals surface area contributed by atoms with Crippen LogP contribution >= 0.6 is 0 Å². The predicted molar refractivity (Wildman–Crippen MR) is 160 cm³/mol. The van der Waals surface area contributed by atoms with Gasteiger partial charge in [-0.15, -0.1) is 0 Å². The molecule has 6 rings (SSSR count). The van der Waals surface area contributed by atoms with E-state index in [1.807, 2.05) is 78.8 Å². The molecule has 2 amide bonds. The lowest BCUT2D eigenvalue weighted by atomic mass is 9.97. The van der Waals surface area contributed by atoms with Crippen molar-refractivity contribution < 1.29 is 9.59 Å². The number of nitrogens with zero attached hydrogens (tertiary/aromatic N) is 2. The number of aromatic amines is 1. The quantitative estimate of drug-likeness (QED) is 0.299. The summed E-state index contributed by atoms with van der Waals surface area (Å²) < 4.78 is 0. The maximum Gasteiger partial charge on any atom is 0.245 e. The molecule has 5 aromatic rings. The van der Waals surface area contributed by atoms with Crippen molar-refractivity contribution in [2.75, 3.05) is 20.1 Å². The number of carbonyl (C=O) groups is 2. The Morgan fingerprint density at radius 3 is 2.52 bits per heavy atom. The van der Waals surface area contributed by atoms with Crippen molar-refractivity contribution in [1.29, 1.82) is 0 Å². The summed E-state index contributed by atoms with van der Waals surface area (Å²) in [4.78, 5) is 35.0. The van der Waals surface area contributed by atoms with Crippen molar-refractivity contribution in [2.45, 2.75) is 31.5 Å². The normalized spacial score (nSPS) is 16.4. The molecular weight excluding hydrogens is 496 g/mol. The van der Waals surface area contributed by atoms with E-state index in [0.29, 0.717) is 32.5 Å². The lowest BCUT2D eigenvalue weighted by Crippen LogP contribution is -2.62. The zero-order valence-electron chi connectivity index (χ0n) is 22.7. The Hall–Kier alpha value is -4.42. The van der Waals surface area contributed by atoms with Gasteiger partial charge in [0.1, 0.15) is 6.04 Å². The molecule has 0 saturated carbocycles. The number of carbonyl (C=O) groups excluding carboxylic acids is 2. The fourth-order valence-corrected chi connectivity index (χ4v) is 5.86. The van der Waals surface area contributed by atoms with Crippen LogP contribution in [0.15, 0.2) is 103 Å². The first-order valence-corrected chi connectivity index (χ1v) is 13.9. The molecule has 40 heavy (non-hydrogen) atoms. The summed E-state index contributed by atoms with van der Waals surface area (Å²) in [5.74, 6) is -0.0677.